The normalized spacial score (nSPS) is 10.2. The van der Waals surface area contributed by atoms with Crippen LogP contribution >= 0.6 is 11.3 Å². The van der Waals surface area contributed by atoms with Gasteiger partial charge in [-0.05, 0) is 36.4 Å². The molecule has 3 aromatic rings. The van der Waals surface area contributed by atoms with Gasteiger partial charge in [-0.1, -0.05) is 18.2 Å². The summed E-state index contributed by atoms with van der Waals surface area (Å²) in [7, 11) is 1.58. The maximum Gasteiger partial charge on any atom is 0.358 e. The SMILES string of the molecule is COc1ccc(-c2nc(C(=O)OCC(=O)NC(=O)c3ccccc3)cs2)cc1. The lowest BCUT2D eigenvalue weighted by molar-refractivity contribution is -0.123. The molecule has 1 N–H and O–H groups in total. The summed E-state index contributed by atoms with van der Waals surface area (Å²) in [5.41, 5.74) is 1.26. The number of methoxy groups -OCH3 is 1. The number of carbonyl (C=O) groups excluding carboxylic acids is 3. The number of esters is 1. The van der Waals surface area contributed by atoms with Crippen molar-refractivity contribution in [2.75, 3.05) is 13.7 Å². The Balaban J connectivity index is 1.54. The van der Waals surface area contributed by atoms with E-state index in [0.29, 0.717) is 10.6 Å². The van der Waals surface area contributed by atoms with Crippen molar-refractivity contribution in [1.29, 1.82) is 0 Å². The van der Waals surface area contributed by atoms with Crippen molar-refractivity contribution in [2.45, 2.75) is 0 Å². The molecule has 0 spiro atoms. The highest BCUT2D eigenvalue weighted by molar-refractivity contribution is 7.13. The number of benzene rings is 2. The van der Waals surface area contributed by atoms with E-state index < -0.39 is 24.4 Å². The zero-order chi connectivity index (χ0) is 19.9. The van der Waals surface area contributed by atoms with Gasteiger partial charge in [-0.15, -0.1) is 11.3 Å². The van der Waals surface area contributed by atoms with Crippen LogP contribution in [0.2, 0.25) is 0 Å². The smallest absolute Gasteiger partial charge is 0.358 e. The number of imide groups is 1. The van der Waals surface area contributed by atoms with Crippen LogP contribution in [0.5, 0.6) is 5.75 Å². The maximum absolute atomic E-state index is 12.1. The first-order valence-electron chi connectivity index (χ1n) is 8.23. The molecule has 0 fully saturated rings. The first-order chi connectivity index (χ1) is 13.6. The topological polar surface area (TPSA) is 94.6 Å². The summed E-state index contributed by atoms with van der Waals surface area (Å²) >= 11 is 1.28. The number of nitrogens with zero attached hydrogens (tertiary/aromatic N) is 1. The standard InChI is InChI=1S/C20H16N2O5S/c1-26-15-9-7-14(8-10-15)19-21-16(12-28-19)20(25)27-11-17(23)22-18(24)13-5-3-2-4-6-13/h2-10,12H,11H2,1H3,(H,22,23,24). The molecule has 3 rings (SSSR count). The molecule has 1 heterocycles. The second kappa shape index (κ2) is 8.92. The molecule has 0 aliphatic rings. The van der Waals surface area contributed by atoms with Gasteiger partial charge in [0.1, 0.15) is 10.8 Å². The third-order valence-corrected chi connectivity index (χ3v) is 4.56. The summed E-state index contributed by atoms with van der Waals surface area (Å²) in [6.07, 6.45) is 0. The highest BCUT2D eigenvalue weighted by atomic mass is 32.1. The average molecular weight is 396 g/mol. The van der Waals surface area contributed by atoms with E-state index in [2.05, 4.69) is 10.3 Å². The van der Waals surface area contributed by atoms with Gasteiger partial charge >= 0.3 is 5.97 Å². The van der Waals surface area contributed by atoms with Gasteiger partial charge in [0, 0.05) is 16.5 Å². The number of amides is 2. The zero-order valence-corrected chi connectivity index (χ0v) is 15.7. The van der Waals surface area contributed by atoms with Crippen molar-refractivity contribution < 1.29 is 23.9 Å². The molecule has 0 bridgehead atoms. The molecule has 0 saturated carbocycles. The number of carbonyl (C=O) groups is 3. The Morgan fingerprint density at radius 1 is 1.04 bits per heavy atom. The third kappa shape index (κ3) is 4.80. The fraction of sp³-hybridized carbons (Fsp3) is 0.100. The van der Waals surface area contributed by atoms with E-state index in [-0.39, 0.29) is 5.69 Å². The Bertz CT molecular complexity index is 983. The fourth-order valence-electron chi connectivity index (χ4n) is 2.26. The van der Waals surface area contributed by atoms with Gasteiger partial charge in [0.05, 0.1) is 7.11 Å². The molecule has 8 heteroatoms. The molecule has 1 aromatic heterocycles. The molecule has 7 nitrogen and oxygen atoms in total. The molecule has 0 aliphatic carbocycles. The average Bonchev–Trinajstić information content (AvgIpc) is 3.23. The first kappa shape index (κ1) is 19.2. The van der Waals surface area contributed by atoms with E-state index in [1.807, 2.05) is 12.1 Å². The molecule has 0 aliphatic heterocycles. The van der Waals surface area contributed by atoms with E-state index in [0.717, 1.165) is 11.3 Å². The van der Waals surface area contributed by atoms with Crippen molar-refractivity contribution >= 4 is 29.1 Å². The highest BCUT2D eigenvalue weighted by Crippen LogP contribution is 2.25. The predicted molar refractivity (Wildman–Crippen MR) is 103 cm³/mol. The number of thiazole rings is 1. The van der Waals surface area contributed by atoms with Crippen LogP contribution in [0, 0.1) is 0 Å². The molecule has 0 unspecified atom stereocenters. The lowest BCUT2D eigenvalue weighted by Crippen LogP contribution is -2.34. The largest absolute Gasteiger partial charge is 0.497 e. The predicted octanol–water partition coefficient (Wildman–Crippen LogP) is 2.93. The number of rotatable bonds is 6. The van der Waals surface area contributed by atoms with Crippen molar-refractivity contribution in [3.8, 4) is 16.3 Å². The Hall–Kier alpha value is -3.52. The van der Waals surface area contributed by atoms with Crippen molar-refractivity contribution in [1.82, 2.24) is 10.3 Å². The summed E-state index contributed by atoms with van der Waals surface area (Å²) in [5, 5.41) is 4.35. The summed E-state index contributed by atoms with van der Waals surface area (Å²) in [6, 6.07) is 15.5. The summed E-state index contributed by atoms with van der Waals surface area (Å²) in [5.74, 6) is -1.29. The van der Waals surface area contributed by atoms with Gasteiger partial charge in [-0.2, -0.15) is 0 Å². The van der Waals surface area contributed by atoms with E-state index in [4.69, 9.17) is 9.47 Å². The Morgan fingerprint density at radius 2 is 1.75 bits per heavy atom. The Morgan fingerprint density at radius 3 is 2.43 bits per heavy atom. The lowest BCUT2D eigenvalue weighted by Gasteiger charge is -2.05. The van der Waals surface area contributed by atoms with Crippen LogP contribution in [0.4, 0.5) is 0 Å². The van der Waals surface area contributed by atoms with Gasteiger partial charge in [-0.3, -0.25) is 14.9 Å². The molecule has 28 heavy (non-hydrogen) atoms. The van der Waals surface area contributed by atoms with Crippen LogP contribution in [0.15, 0.2) is 60.0 Å². The zero-order valence-electron chi connectivity index (χ0n) is 14.9. The van der Waals surface area contributed by atoms with Gasteiger partial charge in [0.2, 0.25) is 0 Å². The maximum atomic E-state index is 12.1. The quantitative estimate of drug-likeness (QED) is 0.644. The molecule has 2 aromatic carbocycles. The first-order valence-corrected chi connectivity index (χ1v) is 9.11. The van der Waals surface area contributed by atoms with Crippen molar-refractivity contribution in [3.05, 3.63) is 71.2 Å². The molecule has 0 atom stereocenters. The third-order valence-electron chi connectivity index (χ3n) is 3.67. The number of ether oxygens (including phenoxy) is 2. The monoisotopic (exact) mass is 396 g/mol. The number of nitrogens with one attached hydrogen (secondary N) is 1. The molecule has 0 saturated heterocycles. The fourth-order valence-corrected chi connectivity index (χ4v) is 3.06. The minimum Gasteiger partial charge on any atom is -0.497 e. The van der Waals surface area contributed by atoms with Gasteiger partial charge in [-0.25, -0.2) is 9.78 Å². The van der Waals surface area contributed by atoms with Crippen molar-refractivity contribution in [2.24, 2.45) is 0 Å². The van der Waals surface area contributed by atoms with Gasteiger partial charge < -0.3 is 9.47 Å². The molecular formula is C20H16N2O5S. The summed E-state index contributed by atoms with van der Waals surface area (Å²) in [4.78, 5) is 40.0. The van der Waals surface area contributed by atoms with Crippen molar-refractivity contribution in [3.63, 3.8) is 0 Å². The van der Waals surface area contributed by atoms with E-state index in [1.54, 1.807) is 55.0 Å². The molecule has 2 amide bonds. The number of hydrogen-bond donors (Lipinski definition) is 1. The molecule has 142 valence electrons. The van der Waals surface area contributed by atoms with E-state index >= 15 is 0 Å². The highest BCUT2D eigenvalue weighted by Gasteiger charge is 2.16. The summed E-state index contributed by atoms with van der Waals surface area (Å²) < 4.78 is 10.0. The second-order valence-electron chi connectivity index (χ2n) is 5.59. The van der Waals surface area contributed by atoms with E-state index in [9.17, 15) is 14.4 Å². The van der Waals surface area contributed by atoms with Crippen LogP contribution in [0.25, 0.3) is 10.6 Å². The van der Waals surface area contributed by atoms with Crippen LogP contribution in [-0.4, -0.2) is 36.5 Å². The molecular weight excluding hydrogens is 380 g/mol. The minimum atomic E-state index is -0.738. The number of hydrogen-bond acceptors (Lipinski definition) is 7. The molecule has 0 radical (unpaired) electrons. The van der Waals surface area contributed by atoms with Crippen LogP contribution in [-0.2, 0) is 9.53 Å². The summed E-state index contributed by atoms with van der Waals surface area (Å²) in [6.45, 7) is -0.577. The van der Waals surface area contributed by atoms with Gasteiger partial charge in [0.15, 0.2) is 12.3 Å². The second-order valence-corrected chi connectivity index (χ2v) is 6.44. The van der Waals surface area contributed by atoms with Gasteiger partial charge in [0.25, 0.3) is 11.8 Å². The lowest BCUT2D eigenvalue weighted by atomic mass is 10.2. The van der Waals surface area contributed by atoms with Crippen LogP contribution < -0.4 is 10.1 Å². The van der Waals surface area contributed by atoms with Crippen LogP contribution in [0.3, 0.4) is 0 Å². The minimum absolute atomic E-state index is 0.0954. The Kier molecular flexibility index (Phi) is 6.13. The van der Waals surface area contributed by atoms with Crippen LogP contribution in [0.1, 0.15) is 20.8 Å². The Labute approximate surface area is 164 Å². The van der Waals surface area contributed by atoms with E-state index in [1.165, 1.54) is 11.3 Å². The number of aromatic nitrogens is 1.